The van der Waals surface area contributed by atoms with Crippen LogP contribution in [-0.2, 0) is 4.79 Å². The lowest BCUT2D eigenvalue weighted by atomic mass is 9.86. The maximum Gasteiger partial charge on any atom is 0.233 e. The minimum atomic E-state index is -0.146. The highest BCUT2D eigenvalue weighted by molar-refractivity contribution is 8.00. The van der Waals surface area contributed by atoms with Gasteiger partial charge in [0.05, 0.1) is 5.25 Å². The van der Waals surface area contributed by atoms with E-state index in [0.717, 1.165) is 21.7 Å². The first kappa shape index (κ1) is 15.7. The Balaban J connectivity index is 1.64. The van der Waals surface area contributed by atoms with Gasteiger partial charge in [-0.25, -0.2) is 9.97 Å². The molecular weight excluding hydrogens is 314 g/mol. The van der Waals surface area contributed by atoms with Crippen LogP contribution in [0.15, 0.2) is 22.8 Å². The summed E-state index contributed by atoms with van der Waals surface area (Å²) >= 11 is 3.12. The van der Waals surface area contributed by atoms with Crippen LogP contribution in [0.2, 0.25) is 0 Å². The number of hydrogen-bond donors (Lipinski definition) is 1. The van der Waals surface area contributed by atoms with Crippen molar-refractivity contribution in [3.05, 3.63) is 17.8 Å². The van der Waals surface area contributed by atoms with E-state index in [2.05, 4.69) is 22.2 Å². The van der Waals surface area contributed by atoms with Crippen LogP contribution in [0.3, 0.4) is 0 Å². The molecule has 1 saturated carbocycles. The predicted octanol–water partition coefficient (Wildman–Crippen LogP) is 3.87. The number of thioether (sulfide) groups is 1. The quantitative estimate of drug-likeness (QED) is 0.681. The number of carbonyl (C=O) groups excluding carboxylic acids is 1. The molecule has 1 aliphatic carbocycles. The highest BCUT2D eigenvalue weighted by atomic mass is 32.2. The lowest BCUT2D eigenvalue weighted by Crippen LogP contribution is -2.44. The summed E-state index contributed by atoms with van der Waals surface area (Å²) in [6, 6.07) is 2.35. The predicted molar refractivity (Wildman–Crippen MR) is 92.3 cm³/mol. The zero-order valence-electron chi connectivity index (χ0n) is 12.9. The second-order valence-electron chi connectivity index (χ2n) is 5.96. The van der Waals surface area contributed by atoms with E-state index in [0.29, 0.717) is 12.0 Å². The van der Waals surface area contributed by atoms with Crippen molar-refractivity contribution in [2.24, 2.45) is 5.92 Å². The topological polar surface area (TPSA) is 54.9 Å². The van der Waals surface area contributed by atoms with Gasteiger partial charge in [-0.15, -0.1) is 11.3 Å². The number of thiophene rings is 1. The Labute approximate surface area is 139 Å². The largest absolute Gasteiger partial charge is 0.352 e. The number of amides is 1. The molecule has 3 atom stereocenters. The molecule has 6 heteroatoms. The second-order valence-corrected chi connectivity index (χ2v) is 8.18. The van der Waals surface area contributed by atoms with Crippen LogP contribution in [0.1, 0.15) is 39.5 Å². The molecule has 0 aliphatic heterocycles. The van der Waals surface area contributed by atoms with E-state index in [1.807, 2.05) is 18.4 Å². The van der Waals surface area contributed by atoms with E-state index in [1.54, 1.807) is 17.7 Å². The van der Waals surface area contributed by atoms with E-state index < -0.39 is 0 Å². The molecule has 0 radical (unpaired) electrons. The van der Waals surface area contributed by atoms with Crippen LogP contribution in [0.5, 0.6) is 0 Å². The lowest BCUT2D eigenvalue weighted by molar-refractivity contribution is -0.121. The third-order valence-corrected chi connectivity index (χ3v) is 6.26. The first-order valence-corrected chi connectivity index (χ1v) is 9.56. The first-order chi connectivity index (χ1) is 10.6. The van der Waals surface area contributed by atoms with Gasteiger partial charge in [0.25, 0.3) is 0 Å². The van der Waals surface area contributed by atoms with Crippen LogP contribution in [0.4, 0.5) is 0 Å². The number of fused-ring (bicyclic) bond motifs is 1. The summed E-state index contributed by atoms with van der Waals surface area (Å²) in [4.78, 5) is 22.0. The minimum absolute atomic E-state index is 0.116. The summed E-state index contributed by atoms with van der Waals surface area (Å²) < 4.78 is 0. The second kappa shape index (κ2) is 6.96. The summed E-state index contributed by atoms with van der Waals surface area (Å²) in [6.45, 7) is 4.19. The van der Waals surface area contributed by atoms with Crippen molar-refractivity contribution in [2.45, 2.75) is 55.8 Å². The zero-order valence-corrected chi connectivity index (χ0v) is 14.5. The Morgan fingerprint density at radius 1 is 1.41 bits per heavy atom. The van der Waals surface area contributed by atoms with Gasteiger partial charge >= 0.3 is 0 Å². The Morgan fingerprint density at radius 3 is 3.05 bits per heavy atom. The van der Waals surface area contributed by atoms with Gasteiger partial charge in [-0.1, -0.05) is 31.5 Å². The van der Waals surface area contributed by atoms with Gasteiger partial charge in [-0.2, -0.15) is 0 Å². The van der Waals surface area contributed by atoms with Gasteiger partial charge in [-0.05, 0) is 37.1 Å². The van der Waals surface area contributed by atoms with Crippen molar-refractivity contribution in [1.82, 2.24) is 15.3 Å². The Bertz CT molecular complexity index is 658. The molecule has 0 bridgehead atoms. The maximum absolute atomic E-state index is 12.5. The van der Waals surface area contributed by atoms with Crippen LogP contribution in [0.25, 0.3) is 10.2 Å². The molecule has 1 N–H and O–H groups in total. The smallest absolute Gasteiger partial charge is 0.233 e. The van der Waals surface area contributed by atoms with Gasteiger partial charge in [-0.3, -0.25) is 4.79 Å². The molecule has 0 spiro atoms. The van der Waals surface area contributed by atoms with E-state index in [-0.39, 0.29) is 11.2 Å². The molecule has 2 heterocycles. The SMILES string of the molecule is C[C@@H](Sc1ncnc2sccc12)C(=O)N[C@H]1CCCC[C@@H]1C. The highest BCUT2D eigenvalue weighted by Crippen LogP contribution is 2.31. The van der Waals surface area contributed by atoms with Crippen LogP contribution < -0.4 is 5.32 Å². The normalized spacial score (nSPS) is 23.4. The van der Waals surface area contributed by atoms with Gasteiger partial charge in [0.2, 0.25) is 5.91 Å². The molecule has 3 rings (SSSR count). The average molecular weight is 335 g/mol. The number of nitrogens with one attached hydrogen (secondary N) is 1. The molecule has 118 valence electrons. The Hall–Kier alpha value is -1.14. The third-order valence-electron chi connectivity index (χ3n) is 4.32. The summed E-state index contributed by atoms with van der Waals surface area (Å²) in [5.74, 6) is 0.697. The summed E-state index contributed by atoms with van der Waals surface area (Å²) in [5.41, 5.74) is 0. The minimum Gasteiger partial charge on any atom is -0.352 e. The van der Waals surface area contributed by atoms with Crippen molar-refractivity contribution in [3.8, 4) is 0 Å². The fraction of sp³-hybridized carbons (Fsp3) is 0.562. The number of nitrogens with zero attached hydrogens (tertiary/aromatic N) is 2. The fourth-order valence-corrected chi connectivity index (χ4v) is 4.62. The maximum atomic E-state index is 12.5. The number of carbonyl (C=O) groups is 1. The van der Waals surface area contributed by atoms with E-state index in [4.69, 9.17) is 0 Å². The molecule has 1 amide bonds. The molecule has 1 aliphatic rings. The zero-order chi connectivity index (χ0) is 15.5. The Morgan fingerprint density at radius 2 is 2.23 bits per heavy atom. The standard InChI is InChI=1S/C16H21N3OS2/c1-10-5-3-4-6-13(10)19-14(20)11(2)22-16-12-7-8-21-15(12)17-9-18-16/h7-11,13H,3-6H2,1-2H3,(H,19,20)/t10-,11+,13-/m0/s1. The van der Waals surface area contributed by atoms with Gasteiger partial charge in [0.15, 0.2) is 0 Å². The van der Waals surface area contributed by atoms with Crippen LogP contribution >= 0.6 is 23.1 Å². The average Bonchev–Trinajstić information content (AvgIpc) is 2.99. The number of rotatable bonds is 4. The van der Waals surface area contributed by atoms with Crippen molar-refractivity contribution < 1.29 is 4.79 Å². The molecule has 0 unspecified atom stereocenters. The highest BCUT2D eigenvalue weighted by Gasteiger charge is 2.25. The fourth-order valence-electron chi connectivity index (χ4n) is 2.91. The van der Waals surface area contributed by atoms with Crippen molar-refractivity contribution >= 4 is 39.2 Å². The van der Waals surface area contributed by atoms with Crippen molar-refractivity contribution in [3.63, 3.8) is 0 Å². The van der Waals surface area contributed by atoms with Crippen molar-refractivity contribution in [2.75, 3.05) is 0 Å². The molecule has 2 aromatic rings. The van der Waals surface area contributed by atoms with Gasteiger partial charge in [0, 0.05) is 11.4 Å². The monoisotopic (exact) mass is 335 g/mol. The number of hydrogen-bond acceptors (Lipinski definition) is 5. The molecule has 0 saturated heterocycles. The van der Waals surface area contributed by atoms with Gasteiger partial charge in [0.1, 0.15) is 16.2 Å². The molecule has 1 fully saturated rings. The van der Waals surface area contributed by atoms with E-state index >= 15 is 0 Å². The molecule has 2 aromatic heterocycles. The third kappa shape index (κ3) is 3.43. The van der Waals surface area contributed by atoms with E-state index in [1.165, 1.54) is 31.0 Å². The van der Waals surface area contributed by atoms with Crippen LogP contribution in [-0.4, -0.2) is 27.2 Å². The summed E-state index contributed by atoms with van der Waals surface area (Å²) in [7, 11) is 0. The van der Waals surface area contributed by atoms with E-state index in [9.17, 15) is 4.79 Å². The first-order valence-electron chi connectivity index (χ1n) is 7.80. The van der Waals surface area contributed by atoms with Crippen LogP contribution in [0, 0.1) is 5.92 Å². The molecule has 22 heavy (non-hydrogen) atoms. The van der Waals surface area contributed by atoms with Gasteiger partial charge < -0.3 is 5.32 Å². The molecular formula is C16H21N3OS2. The van der Waals surface area contributed by atoms with Crippen molar-refractivity contribution in [1.29, 1.82) is 0 Å². The lowest BCUT2D eigenvalue weighted by Gasteiger charge is -2.30. The Kier molecular flexibility index (Phi) is 4.98. The molecule has 0 aromatic carbocycles. The summed E-state index contributed by atoms with van der Waals surface area (Å²) in [6.07, 6.45) is 6.41. The number of aromatic nitrogens is 2. The summed E-state index contributed by atoms with van der Waals surface area (Å²) in [5, 5.41) is 7.03. The molecule has 4 nitrogen and oxygen atoms in total.